The Balaban J connectivity index is 1.76. The van der Waals surface area contributed by atoms with Gasteiger partial charge in [0.2, 0.25) is 5.91 Å². The van der Waals surface area contributed by atoms with Gasteiger partial charge in [0, 0.05) is 35.3 Å². The SMILES string of the molecule is O=C(O)CCC1CCCN(C(=O)CSCc2ccc(Cl)cc2Cl)C1. The van der Waals surface area contributed by atoms with Crippen LogP contribution in [-0.4, -0.2) is 40.7 Å². The third kappa shape index (κ3) is 6.19. The molecule has 0 aromatic heterocycles. The molecule has 7 heteroatoms. The molecule has 1 atom stereocenters. The molecule has 1 aromatic rings. The van der Waals surface area contributed by atoms with E-state index in [1.54, 1.807) is 12.1 Å². The van der Waals surface area contributed by atoms with Crippen molar-refractivity contribution in [1.29, 1.82) is 0 Å². The second-order valence-corrected chi connectivity index (χ2v) is 7.84. The number of thioether (sulfide) groups is 1. The standard InChI is InChI=1S/C17H21Cl2NO3S/c18-14-5-4-13(15(19)8-14)10-24-11-16(21)20-7-1-2-12(9-20)3-6-17(22)23/h4-5,8,12H,1-3,6-7,9-11H2,(H,22,23). The van der Waals surface area contributed by atoms with Crippen molar-refractivity contribution in [2.45, 2.75) is 31.4 Å². The minimum atomic E-state index is -0.770. The quantitative estimate of drug-likeness (QED) is 0.753. The topological polar surface area (TPSA) is 57.6 Å². The van der Waals surface area contributed by atoms with Crippen LogP contribution in [0, 0.1) is 5.92 Å². The predicted molar refractivity (Wildman–Crippen MR) is 98.8 cm³/mol. The molecular weight excluding hydrogens is 369 g/mol. The number of aliphatic carboxylic acids is 1. The van der Waals surface area contributed by atoms with E-state index in [2.05, 4.69) is 0 Å². The van der Waals surface area contributed by atoms with Crippen LogP contribution in [0.3, 0.4) is 0 Å². The molecule has 1 amide bonds. The first-order valence-electron chi connectivity index (χ1n) is 7.97. The van der Waals surface area contributed by atoms with E-state index in [1.807, 2.05) is 11.0 Å². The highest BCUT2D eigenvalue weighted by atomic mass is 35.5. The summed E-state index contributed by atoms with van der Waals surface area (Å²) in [6.45, 7) is 1.44. The molecule has 1 heterocycles. The van der Waals surface area contributed by atoms with Gasteiger partial charge in [0.25, 0.3) is 0 Å². The lowest BCUT2D eigenvalue weighted by atomic mass is 9.93. The van der Waals surface area contributed by atoms with Gasteiger partial charge in [0.05, 0.1) is 5.75 Å². The minimum Gasteiger partial charge on any atom is -0.481 e. The summed E-state index contributed by atoms with van der Waals surface area (Å²) in [6.07, 6.45) is 2.78. The van der Waals surface area contributed by atoms with Crippen molar-refractivity contribution in [2.24, 2.45) is 5.92 Å². The molecule has 1 aliphatic rings. The first-order chi connectivity index (χ1) is 11.5. The Morgan fingerprint density at radius 3 is 2.83 bits per heavy atom. The van der Waals surface area contributed by atoms with Crippen molar-refractivity contribution in [3.05, 3.63) is 33.8 Å². The fourth-order valence-corrected chi connectivity index (χ4v) is 4.32. The van der Waals surface area contributed by atoms with E-state index in [-0.39, 0.29) is 12.3 Å². The summed E-state index contributed by atoms with van der Waals surface area (Å²) in [5, 5.41) is 10.0. The van der Waals surface area contributed by atoms with Crippen LogP contribution in [0.25, 0.3) is 0 Å². The first-order valence-corrected chi connectivity index (χ1v) is 9.88. The van der Waals surface area contributed by atoms with Crippen LogP contribution in [0.15, 0.2) is 18.2 Å². The monoisotopic (exact) mass is 389 g/mol. The fraction of sp³-hybridized carbons (Fsp3) is 0.529. The van der Waals surface area contributed by atoms with E-state index in [1.165, 1.54) is 11.8 Å². The van der Waals surface area contributed by atoms with E-state index < -0.39 is 5.97 Å². The number of amides is 1. The van der Waals surface area contributed by atoms with Gasteiger partial charge in [-0.15, -0.1) is 11.8 Å². The number of rotatable bonds is 7. The van der Waals surface area contributed by atoms with Gasteiger partial charge in [-0.25, -0.2) is 0 Å². The van der Waals surface area contributed by atoms with E-state index in [4.69, 9.17) is 28.3 Å². The van der Waals surface area contributed by atoms with Gasteiger partial charge in [-0.1, -0.05) is 29.3 Å². The zero-order chi connectivity index (χ0) is 17.5. The van der Waals surface area contributed by atoms with Crippen LogP contribution >= 0.6 is 35.0 Å². The third-order valence-corrected chi connectivity index (χ3v) is 5.69. The molecule has 1 saturated heterocycles. The van der Waals surface area contributed by atoms with E-state index in [0.717, 1.165) is 24.9 Å². The Kier molecular flexibility index (Phi) is 7.72. The van der Waals surface area contributed by atoms with Crippen LogP contribution in [0.2, 0.25) is 10.0 Å². The van der Waals surface area contributed by atoms with Crippen molar-refractivity contribution >= 4 is 46.8 Å². The molecule has 2 rings (SSSR count). The highest BCUT2D eigenvalue weighted by Gasteiger charge is 2.23. The Hall–Kier alpha value is -0.910. The summed E-state index contributed by atoms with van der Waals surface area (Å²) in [5.74, 6) is 0.719. The molecule has 0 spiro atoms. The Labute approximate surface area is 156 Å². The summed E-state index contributed by atoms with van der Waals surface area (Å²) < 4.78 is 0. The maximum atomic E-state index is 12.3. The average molecular weight is 390 g/mol. The molecule has 24 heavy (non-hydrogen) atoms. The highest BCUT2D eigenvalue weighted by Crippen LogP contribution is 2.26. The summed E-state index contributed by atoms with van der Waals surface area (Å²) >= 11 is 13.5. The number of carboxylic acids is 1. The molecule has 1 N–H and O–H groups in total. The number of halogens is 2. The van der Waals surface area contributed by atoms with Gasteiger partial charge < -0.3 is 10.0 Å². The summed E-state index contributed by atoms with van der Waals surface area (Å²) in [4.78, 5) is 24.9. The second kappa shape index (κ2) is 9.54. The largest absolute Gasteiger partial charge is 0.481 e. The maximum absolute atomic E-state index is 12.3. The van der Waals surface area contributed by atoms with Crippen molar-refractivity contribution in [2.75, 3.05) is 18.8 Å². The van der Waals surface area contributed by atoms with Gasteiger partial charge in [-0.2, -0.15) is 0 Å². The molecule has 1 fully saturated rings. The molecule has 4 nitrogen and oxygen atoms in total. The lowest BCUT2D eigenvalue weighted by Gasteiger charge is -2.32. The lowest BCUT2D eigenvalue weighted by Crippen LogP contribution is -2.41. The molecule has 0 radical (unpaired) electrons. The summed E-state index contributed by atoms with van der Waals surface area (Å²) in [6, 6.07) is 5.38. The zero-order valence-electron chi connectivity index (χ0n) is 13.3. The number of carbonyl (C=O) groups excluding carboxylic acids is 1. The van der Waals surface area contributed by atoms with Gasteiger partial charge in [-0.3, -0.25) is 9.59 Å². The average Bonchev–Trinajstić information content (AvgIpc) is 2.55. The first kappa shape index (κ1) is 19.4. The van der Waals surface area contributed by atoms with Gasteiger partial charge in [0.15, 0.2) is 0 Å². The van der Waals surface area contributed by atoms with E-state index >= 15 is 0 Å². The van der Waals surface area contributed by atoms with Gasteiger partial charge >= 0.3 is 5.97 Å². The van der Waals surface area contributed by atoms with Crippen LogP contribution in [0.1, 0.15) is 31.2 Å². The molecule has 132 valence electrons. The molecular formula is C17H21Cl2NO3S. The summed E-state index contributed by atoms with van der Waals surface area (Å²) in [7, 11) is 0. The summed E-state index contributed by atoms with van der Waals surface area (Å²) in [5.41, 5.74) is 0.969. The molecule has 0 saturated carbocycles. The molecule has 1 unspecified atom stereocenters. The molecule has 1 aromatic carbocycles. The highest BCUT2D eigenvalue weighted by molar-refractivity contribution is 7.99. The van der Waals surface area contributed by atoms with Crippen LogP contribution in [0.4, 0.5) is 0 Å². The van der Waals surface area contributed by atoms with Crippen molar-refractivity contribution in [1.82, 2.24) is 4.90 Å². The number of hydrogen-bond donors (Lipinski definition) is 1. The van der Waals surface area contributed by atoms with Crippen LogP contribution in [-0.2, 0) is 15.3 Å². The molecule has 0 bridgehead atoms. The van der Waals surface area contributed by atoms with Gasteiger partial charge in [-0.05, 0) is 42.9 Å². The number of carboxylic acid groups (broad SMARTS) is 1. The van der Waals surface area contributed by atoms with E-state index in [0.29, 0.717) is 40.4 Å². The van der Waals surface area contributed by atoms with Crippen LogP contribution < -0.4 is 0 Å². The lowest BCUT2D eigenvalue weighted by molar-refractivity contribution is -0.137. The normalized spacial score (nSPS) is 17.8. The number of nitrogens with zero attached hydrogens (tertiary/aromatic N) is 1. The fourth-order valence-electron chi connectivity index (χ4n) is 2.83. The smallest absolute Gasteiger partial charge is 0.303 e. The number of benzene rings is 1. The molecule has 1 aliphatic heterocycles. The second-order valence-electron chi connectivity index (χ2n) is 6.01. The van der Waals surface area contributed by atoms with Crippen molar-refractivity contribution < 1.29 is 14.7 Å². The number of piperidine rings is 1. The Bertz CT molecular complexity index is 597. The van der Waals surface area contributed by atoms with Crippen molar-refractivity contribution in [3.63, 3.8) is 0 Å². The number of hydrogen-bond acceptors (Lipinski definition) is 3. The minimum absolute atomic E-state index is 0.116. The number of carbonyl (C=O) groups is 2. The van der Waals surface area contributed by atoms with Gasteiger partial charge in [0.1, 0.15) is 0 Å². The van der Waals surface area contributed by atoms with E-state index in [9.17, 15) is 9.59 Å². The Morgan fingerprint density at radius 1 is 1.33 bits per heavy atom. The molecule has 0 aliphatic carbocycles. The third-order valence-electron chi connectivity index (χ3n) is 4.14. The van der Waals surface area contributed by atoms with Crippen LogP contribution in [0.5, 0.6) is 0 Å². The maximum Gasteiger partial charge on any atom is 0.303 e. The Morgan fingerprint density at radius 2 is 2.12 bits per heavy atom. The zero-order valence-corrected chi connectivity index (χ0v) is 15.7. The number of likely N-dealkylation sites (tertiary alicyclic amines) is 1. The predicted octanol–water partition coefficient (Wildman–Crippen LogP) is 4.33. The van der Waals surface area contributed by atoms with Crippen molar-refractivity contribution in [3.8, 4) is 0 Å².